The molecule has 0 bridgehead atoms. The minimum atomic E-state index is -0.385. The van der Waals surface area contributed by atoms with Gasteiger partial charge >= 0.3 is 0 Å². The van der Waals surface area contributed by atoms with Crippen LogP contribution >= 0.6 is 0 Å². The maximum atomic E-state index is 13.6. The summed E-state index contributed by atoms with van der Waals surface area (Å²) in [5, 5.41) is 3.31. The molecule has 0 spiro atoms. The van der Waals surface area contributed by atoms with Crippen molar-refractivity contribution >= 4 is 22.5 Å². The van der Waals surface area contributed by atoms with Crippen LogP contribution in [0.25, 0.3) is 10.9 Å². The number of carbonyl (C=O) groups is 1. The van der Waals surface area contributed by atoms with Crippen LogP contribution in [-0.4, -0.2) is 10.9 Å². The van der Waals surface area contributed by atoms with E-state index in [-0.39, 0.29) is 17.5 Å². The van der Waals surface area contributed by atoms with Crippen LogP contribution in [0.4, 0.5) is 14.5 Å². The maximum Gasteiger partial charge on any atom is 0.257 e. The molecule has 3 rings (SSSR count). The number of carbonyl (C=O) groups excluding carboxylic acids is 1. The van der Waals surface area contributed by atoms with E-state index < -0.39 is 0 Å². The number of aryl methyl sites for hydroxylation is 2. The number of nitrogens with one attached hydrogen (secondary N) is 1. The fourth-order valence-corrected chi connectivity index (χ4v) is 2.34. The summed E-state index contributed by atoms with van der Waals surface area (Å²) in [6, 6.07) is 10.4. The van der Waals surface area contributed by atoms with Crippen molar-refractivity contribution in [2.45, 2.75) is 13.8 Å². The Balaban J connectivity index is 1.95. The Morgan fingerprint density at radius 1 is 1.04 bits per heavy atom. The molecule has 0 aliphatic carbocycles. The molecule has 0 aliphatic heterocycles. The zero-order valence-electron chi connectivity index (χ0n) is 12.7. The molecule has 0 saturated heterocycles. The molecule has 5 heteroatoms. The zero-order chi connectivity index (χ0) is 16.6. The Kier molecular flexibility index (Phi) is 3.78. The van der Waals surface area contributed by atoms with Crippen molar-refractivity contribution in [3.8, 4) is 0 Å². The molecular formula is C18H14F2N2O. The van der Waals surface area contributed by atoms with E-state index in [0.717, 1.165) is 0 Å². The SMILES string of the molecule is Cc1ccc(NC(=O)c2cc3ccc(F)cc3nc2C)cc1F. The lowest BCUT2D eigenvalue weighted by molar-refractivity contribution is 0.102. The monoisotopic (exact) mass is 312 g/mol. The van der Waals surface area contributed by atoms with Crippen LogP contribution in [0, 0.1) is 25.5 Å². The van der Waals surface area contributed by atoms with Crippen LogP contribution in [0.5, 0.6) is 0 Å². The number of rotatable bonds is 2. The molecule has 0 aliphatic rings. The average molecular weight is 312 g/mol. The Morgan fingerprint density at radius 2 is 1.83 bits per heavy atom. The summed E-state index contributed by atoms with van der Waals surface area (Å²) in [6.07, 6.45) is 0. The first-order valence-electron chi connectivity index (χ1n) is 7.08. The molecule has 2 aromatic carbocycles. The van der Waals surface area contributed by atoms with Crippen molar-refractivity contribution < 1.29 is 13.6 Å². The molecule has 1 heterocycles. The van der Waals surface area contributed by atoms with Gasteiger partial charge in [0.05, 0.1) is 16.8 Å². The van der Waals surface area contributed by atoms with E-state index in [4.69, 9.17) is 0 Å². The third-order valence-electron chi connectivity index (χ3n) is 3.64. The van der Waals surface area contributed by atoms with Crippen molar-refractivity contribution in [1.29, 1.82) is 0 Å². The Morgan fingerprint density at radius 3 is 2.57 bits per heavy atom. The molecule has 0 fully saturated rings. The van der Waals surface area contributed by atoms with Crippen molar-refractivity contribution in [1.82, 2.24) is 4.98 Å². The lowest BCUT2D eigenvalue weighted by Gasteiger charge is -2.09. The number of fused-ring (bicyclic) bond motifs is 1. The summed E-state index contributed by atoms with van der Waals surface area (Å²) >= 11 is 0. The highest BCUT2D eigenvalue weighted by molar-refractivity contribution is 6.06. The number of nitrogens with zero attached hydrogens (tertiary/aromatic N) is 1. The van der Waals surface area contributed by atoms with Gasteiger partial charge in [0.15, 0.2) is 0 Å². The number of hydrogen-bond donors (Lipinski definition) is 1. The summed E-state index contributed by atoms with van der Waals surface area (Å²) in [5.74, 6) is -1.15. The molecular weight excluding hydrogens is 298 g/mol. The van der Waals surface area contributed by atoms with E-state index in [1.54, 1.807) is 38.1 Å². The fourth-order valence-electron chi connectivity index (χ4n) is 2.34. The summed E-state index contributed by atoms with van der Waals surface area (Å²) < 4.78 is 26.8. The largest absolute Gasteiger partial charge is 0.322 e. The second-order valence-electron chi connectivity index (χ2n) is 5.38. The van der Waals surface area contributed by atoms with Gasteiger partial charge in [0.2, 0.25) is 0 Å². The smallest absolute Gasteiger partial charge is 0.257 e. The molecule has 1 aromatic heterocycles. The minimum Gasteiger partial charge on any atom is -0.322 e. The molecule has 0 saturated carbocycles. The van der Waals surface area contributed by atoms with Crippen LogP contribution in [0.15, 0.2) is 42.5 Å². The van der Waals surface area contributed by atoms with Gasteiger partial charge in [-0.1, -0.05) is 6.07 Å². The summed E-state index contributed by atoms with van der Waals surface area (Å²) in [6.45, 7) is 3.33. The predicted molar refractivity (Wildman–Crippen MR) is 85.5 cm³/mol. The van der Waals surface area contributed by atoms with Gasteiger partial charge in [-0.25, -0.2) is 8.78 Å². The Labute approximate surface area is 132 Å². The van der Waals surface area contributed by atoms with Crippen molar-refractivity contribution in [2.24, 2.45) is 0 Å². The van der Waals surface area contributed by atoms with Crippen LogP contribution in [0.3, 0.4) is 0 Å². The lowest BCUT2D eigenvalue weighted by atomic mass is 10.1. The number of pyridine rings is 1. The summed E-state index contributed by atoms with van der Waals surface area (Å²) in [4.78, 5) is 16.7. The quantitative estimate of drug-likeness (QED) is 0.763. The van der Waals surface area contributed by atoms with Gasteiger partial charge in [-0.3, -0.25) is 9.78 Å². The first-order chi connectivity index (χ1) is 10.9. The number of benzene rings is 2. The van der Waals surface area contributed by atoms with Crippen molar-refractivity contribution in [3.63, 3.8) is 0 Å². The number of halogens is 2. The topological polar surface area (TPSA) is 42.0 Å². The third-order valence-corrected chi connectivity index (χ3v) is 3.64. The van der Waals surface area contributed by atoms with Gasteiger partial charge in [-0.2, -0.15) is 0 Å². The van der Waals surface area contributed by atoms with Gasteiger partial charge in [0, 0.05) is 17.1 Å². The van der Waals surface area contributed by atoms with Crippen LogP contribution in [0.2, 0.25) is 0 Å². The summed E-state index contributed by atoms with van der Waals surface area (Å²) in [5.41, 5.74) is 2.21. The van der Waals surface area contributed by atoms with E-state index in [1.165, 1.54) is 18.2 Å². The Bertz CT molecular complexity index is 922. The molecule has 0 atom stereocenters. The summed E-state index contributed by atoms with van der Waals surface area (Å²) in [7, 11) is 0. The Hall–Kier alpha value is -2.82. The molecule has 23 heavy (non-hydrogen) atoms. The second kappa shape index (κ2) is 5.76. The molecule has 1 amide bonds. The molecule has 1 N–H and O–H groups in total. The van der Waals surface area contributed by atoms with Gasteiger partial charge < -0.3 is 5.32 Å². The first-order valence-corrected chi connectivity index (χ1v) is 7.08. The minimum absolute atomic E-state index is 0.366. The third kappa shape index (κ3) is 3.04. The number of hydrogen-bond acceptors (Lipinski definition) is 2. The zero-order valence-corrected chi connectivity index (χ0v) is 12.7. The highest BCUT2D eigenvalue weighted by atomic mass is 19.1. The molecule has 0 radical (unpaired) electrons. The fraction of sp³-hybridized carbons (Fsp3) is 0.111. The highest BCUT2D eigenvalue weighted by Gasteiger charge is 2.13. The van der Waals surface area contributed by atoms with E-state index in [0.29, 0.717) is 33.4 Å². The molecule has 116 valence electrons. The average Bonchev–Trinajstić information content (AvgIpc) is 2.50. The second-order valence-corrected chi connectivity index (χ2v) is 5.38. The van der Waals surface area contributed by atoms with Crippen LogP contribution in [0.1, 0.15) is 21.6 Å². The van der Waals surface area contributed by atoms with E-state index in [9.17, 15) is 13.6 Å². The number of amides is 1. The predicted octanol–water partition coefficient (Wildman–Crippen LogP) is 4.38. The molecule has 3 aromatic rings. The normalized spacial score (nSPS) is 10.8. The van der Waals surface area contributed by atoms with Gasteiger partial charge in [-0.15, -0.1) is 0 Å². The van der Waals surface area contributed by atoms with Crippen LogP contribution < -0.4 is 5.32 Å². The standard InChI is InChI=1S/C18H14F2N2O/c1-10-3-6-14(9-16(10)20)22-18(23)15-7-12-4-5-13(19)8-17(12)21-11(15)2/h3-9H,1-2H3,(H,22,23). The van der Waals surface area contributed by atoms with E-state index in [2.05, 4.69) is 10.3 Å². The lowest BCUT2D eigenvalue weighted by Crippen LogP contribution is -2.14. The van der Waals surface area contributed by atoms with E-state index in [1.807, 2.05) is 0 Å². The highest BCUT2D eigenvalue weighted by Crippen LogP contribution is 2.20. The first kappa shape index (κ1) is 15.1. The number of anilines is 1. The molecule has 0 unspecified atom stereocenters. The van der Waals surface area contributed by atoms with Crippen molar-refractivity contribution in [3.05, 3.63) is 70.9 Å². The van der Waals surface area contributed by atoms with Crippen LogP contribution in [-0.2, 0) is 0 Å². The van der Waals surface area contributed by atoms with Crippen molar-refractivity contribution in [2.75, 3.05) is 5.32 Å². The van der Waals surface area contributed by atoms with E-state index >= 15 is 0 Å². The maximum absolute atomic E-state index is 13.6. The van der Waals surface area contributed by atoms with Gasteiger partial charge in [-0.05, 0) is 49.7 Å². The molecule has 3 nitrogen and oxygen atoms in total. The van der Waals surface area contributed by atoms with Gasteiger partial charge in [0.1, 0.15) is 11.6 Å². The van der Waals surface area contributed by atoms with Gasteiger partial charge in [0.25, 0.3) is 5.91 Å². The number of aromatic nitrogens is 1.